The van der Waals surface area contributed by atoms with E-state index >= 15 is 0 Å². The second kappa shape index (κ2) is 6.89. The Morgan fingerprint density at radius 2 is 2.18 bits per heavy atom. The van der Waals surface area contributed by atoms with Gasteiger partial charge in [-0.3, -0.25) is 4.79 Å². The first-order valence-corrected chi connectivity index (χ1v) is 8.75. The highest BCUT2D eigenvalue weighted by Gasteiger charge is 2.19. The van der Waals surface area contributed by atoms with Crippen LogP contribution >= 0.6 is 23.1 Å². The van der Waals surface area contributed by atoms with Crippen molar-refractivity contribution in [3.63, 3.8) is 0 Å². The highest BCUT2D eigenvalue weighted by atomic mass is 32.2. The predicted octanol–water partition coefficient (Wildman–Crippen LogP) is 4.20. The molecule has 1 atom stereocenters. The third kappa shape index (κ3) is 3.45. The minimum Gasteiger partial charge on any atom is -0.301 e. The molecule has 1 amide bonds. The number of carbonyl (C=O) groups is 1. The van der Waals surface area contributed by atoms with E-state index in [1.165, 1.54) is 23.1 Å². The molecule has 3 aromatic rings. The zero-order chi connectivity index (χ0) is 15.4. The zero-order valence-corrected chi connectivity index (χ0v) is 13.7. The van der Waals surface area contributed by atoms with Gasteiger partial charge in [0, 0.05) is 17.0 Å². The van der Waals surface area contributed by atoms with Crippen molar-refractivity contribution in [2.45, 2.75) is 23.6 Å². The maximum absolute atomic E-state index is 12.3. The highest BCUT2D eigenvalue weighted by molar-refractivity contribution is 8.00. The van der Waals surface area contributed by atoms with Crippen molar-refractivity contribution in [1.82, 2.24) is 9.97 Å². The standard InChI is InChI=1S/C16H15N3OS2/c1-2-13(15(20)19-16-17-9-10-21-16)22-14-8-7-11-5-3-4-6-12(11)18-14/h3-10,13H,2H2,1H3,(H,17,19,20)/t13-/m1/s1. The summed E-state index contributed by atoms with van der Waals surface area (Å²) in [5.74, 6) is -0.0302. The smallest absolute Gasteiger partial charge is 0.239 e. The maximum atomic E-state index is 12.3. The van der Waals surface area contributed by atoms with E-state index in [1.807, 2.05) is 48.7 Å². The van der Waals surface area contributed by atoms with Gasteiger partial charge >= 0.3 is 0 Å². The summed E-state index contributed by atoms with van der Waals surface area (Å²) in [5, 5.41) is 7.11. The van der Waals surface area contributed by atoms with E-state index < -0.39 is 0 Å². The van der Waals surface area contributed by atoms with Crippen molar-refractivity contribution in [3.8, 4) is 0 Å². The molecule has 0 aliphatic carbocycles. The number of amides is 1. The summed E-state index contributed by atoms with van der Waals surface area (Å²) in [6.45, 7) is 2.00. The van der Waals surface area contributed by atoms with Crippen molar-refractivity contribution in [1.29, 1.82) is 0 Å². The first-order valence-electron chi connectivity index (χ1n) is 6.99. The fourth-order valence-corrected chi connectivity index (χ4v) is 3.51. The number of benzene rings is 1. The first-order chi connectivity index (χ1) is 10.8. The van der Waals surface area contributed by atoms with Crippen LogP contribution in [0.15, 0.2) is 53.0 Å². The molecule has 0 saturated heterocycles. The molecule has 0 saturated carbocycles. The normalized spacial score (nSPS) is 12.2. The van der Waals surface area contributed by atoms with Gasteiger partial charge in [-0.2, -0.15) is 0 Å². The Bertz CT molecular complexity index is 774. The molecule has 112 valence electrons. The lowest BCUT2D eigenvalue weighted by Crippen LogP contribution is -2.24. The van der Waals surface area contributed by atoms with E-state index in [2.05, 4.69) is 15.3 Å². The van der Waals surface area contributed by atoms with Crippen LogP contribution in [0.5, 0.6) is 0 Å². The average molecular weight is 329 g/mol. The number of nitrogens with one attached hydrogen (secondary N) is 1. The van der Waals surface area contributed by atoms with E-state index in [0.29, 0.717) is 5.13 Å². The van der Waals surface area contributed by atoms with Crippen LogP contribution in [-0.4, -0.2) is 21.1 Å². The van der Waals surface area contributed by atoms with Gasteiger partial charge in [-0.25, -0.2) is 9.97 Å². The number of thiazole rings is 1. The van der Waals surface area contributed by atoms with Gasteiger partial charge in [0.1, 0.15) is 0 Å². The molecule has 2 aromatic heterocycles. The summed E-state index contributed by atoms with van der Waals surface area (Å²) in [5.41, 5.74) is 0.947. The number of hydrogen-bond acceptors (Lipinski definition) is 5. The first kappa shape index (κ1) is 15.0. The number of para-hydroxylation sites is 1. The predicted molar refractivity (Wildman–Crippen MR) is 92.4 cm³/mol. The van der Waals surface area contributed by atoms with Crippen LogP contribution in [0.2, 0.25) is 0 Å². The van der Waals surface area contributed by atoms with Crippen LogP contribution < -0.4 is 5.32 Å². The number of hydrogen-bond donors (Lipinski definition) is 1. The summed E-state index contributed by atoms with van der Waals surface area (Å²) in [7, 11) is 0. The number of anilines is 1. The van der Waals surface area contributed by atoms with E-state index in [-0.39, 0.29) is 11.2 Å². The van der Waals surface area contributed by atoms with E-state index in [9.17, 15) is 4.79 Å². The lowest BCUT2D eigenvalue weighted by Gasteiger charge is -2.13. The number of fused-ring (bicyclic) bond motifs is 1. The number of aromatic nitrogens is 2. The number of carbonyl (C=O) groups excluding carboxylic acids is 1. The molecule has 6 heteroatoms. The summed E-state index contributed by atoms with van der Waals surface area (Å²) < 4.78 is 0. The minimum atomic E-state index is -0.183. The van der Waals surface area contributed by atoms with Crippen LogP contribution in [0.25, 0.3) is 10.9 Å². The van der Waals surface area contributed by atoms with E-state index in [4.69, 9.17) is 0 Å². The highest BCUT2D eigenvalue weighted by Crippen LogP contribution is 2.27. The van der Waals surface area contributed by atoms with Crippen molar-refractivity contribution < 1.29 is 4.79 Å². The number of rotatable bonds is 5. The fraction of sp³-hybridized carbons (Fsp3) is 0.188. The van der Waals surface area contributed by atoms with Crippen LogP contribution in [0, 0.1) is 0 Å². The molecule has 0 radical (unpaired) electrons. The molecule has 0 bridgehead atoms. The molecule has 3 rings (SSSR count). The van der Waals surface area contributed by atoms with Crippen LogP contribution in [0.3, 0.4) is 0 Å². The van der Waals surface area contributed by atoms with Gasteiger partial charge in [0.25, 0.3) is 0 Å². The van der Waals surface area contributed by atoms with Crippen LogP contribution in [0.1, 0.15) is 13.3 Å². The molecule has 4 nitrogen and oxygen atoms in total. The molecule has 0 fully saturated rings. The lowest BCUT2D eigenvalue weighted by atomic mass is 10.2. The number of thioether (sulfide) groups is 1. The van der Waals surface area contributed by atoms with Gasteiger partial charge < -0.3 is 5.32 Å². The van der Waals surface area contributed by atoms with E-state index in [0.717, 1.165) is 22.3 Å². The van der Waals surface area contributed by atoms with Crippen LogP contribution in [-0.2, 0) is 4.79 Å². The van der Waals surface area contributed by atoms with Gasteiger partial charge in [-0.15, -0.1) is 11.3 Å². The van der Waals surface area contributed by atoms with Crippen molar-refractivity contribution in [2.75, 3.05) is 5.32 Å². The monoisotopic (exact) mass is 329 g/mol. The molecule has 1 aromatic carbocycles. The van der Waals surface area contributed by atoms with E-state index in [1.54, 1.807) is 6.20 Å². The van der Waals surface area contributed by atoms with Gasteiger partial charge in [-0.05, 0) is 18.6 Å². The molecular formula is C16H15N3OS2. The molecule has 0 aliphatic rings. The Kier molecular flexibility index (Phi) is 4.70. The maximum Gasteiger partial charge on any atom is 0.239 e. The third-order valence-corrected chi connectivity index (χ3v) is 5.15. The van der Waals surface area contributed by atoms with Crippen molar-refractivity contribution in [3.05, 3.63) is 48.0 Å². The molecule has 0 aliphatic heterocycles. The lowest BCUT2D eigenvalue weighted by molar-refractivity contribution is -0.115. The Hall–Kier alpha value is -1.92. The van der Waals surface area contributed by atoms with Crippen LogP contribution in [0.4, 0.5) is 5.13 Å². The zero-order valence-electron chi connectivity index (χ0n) is 12.0. The Balaban J connectivity index is 1.74. The molecule has 2 heterocycles. The van der Waals surface area contributed by atoms with Gasteiger partial charge in [0.05, 0.1) is 15.8 Å². The molecule has 0 unspecified atom stereocenters. The average Bonchev–Trinajstić information content (AvgIpc) is 3.05. The Morgan fingerprint density at radius 3 is 2.95 bits per heavy atom. The Labute approximate surface area is 137 Å². The molecule has 0 spiro atoms. The summed E-state index contributed by atoms with van der Waals surface area (Å²) in [4.78, 5) is 21.0. The summed E-state index contributed by atoms with van der Waals surface area (Å²) >= 11 is 2.91. The minimum absolute atomic E-state index is 0.0302. The fourth-order valence-electron chi connectivity index (χ4n) is 2.05. The molecular weight excluding hydrogens is 314 g/mol. The summed E-state index contributed by atoms with van der Waals surface area (Å²) in [6.07, 6.45) is 2.41. The SMILES string of the molecule is CC[C@@H](Sc1ccc2ccccc2n1)C(=O)Nc1nccs1. The number of nitrogens with zero attached hydrogens (tertiary/aromatic N) is 2. The molecule has 1 N–H and O–H groups in total. The summed E-state index contributed by atoms with van der Waals surface area (Å²) in [6, 6.07) is 12.0. The van der Waals surface area contributed by atoms with Gasteiger partial charge in [0.2, 0.25) is 5.91 Å². The van der Waals surface area contributed by atoms with Gasteiger partial charge in [0.15, 0.2) is 5.13 Å². The second-order valence-electron chi connectivity index (χ2n) is 4.68. The Morgan fingerprint density at radius 1 is 1.32 bits per heavy atom. The van der Waals surface area contributed by atoms with Gasteiger partial charge in [-0.1, -0.05) is 43.0 Å². The largest absolute Gasteiger partial charge is 0.301 e. The molecule has 22 heavy (non-hydrogen) atoms. The third-order valence-electron chi connectivity index (χ3n) is 3.16. The quantitative estimate of drug-likeness (QED) is 0.713. The topological polar surface area (TPSA) is 54.9 Å². The number of pyridine rings is 1. The van der Waals surface area contributed by atoms with Crippen molar-refractivity contribution >= 4 is 45.0 Å². The second-order valence-corrected chi connectivity index (χ2v) is 6.80. The van der Waals surface area contributed by atoms with Crippen molar-refractivity contribution in [2.24, 2.45) is 0 Å².